The van der Waals surface area contributed by atoms with E-state index in [1.165, 1.54) is 77.0 Å². The van der Waals surface area contributed by atoms with Crippen molar-refractivity contribution >= 4 is 13.7 Å². The third-order valence-corrected chi connectivity index (χ3v) is 8.31. The lowest BCUT2D eigenvalue weighted by molar-refractivity contribution is -0.870. The molecule has 0 saturated carbocycles. The van der Waals surface area contributed by atoms with E-state index in [1.54, 1.807) is 0 Å². The highest BCUT2D eigenvalue weighted by atomic mass is 31.2. The highest BCUT2D eigenvalue weighted by molar-refractivity contribution is 7.45. The van der Waals surface area contributed by atoms with Gasteiger partial charge in [-0.3, -0.25) is 9.36 Å². The Labute approximate surface area is 247 Å². The summed E-state index contributed by atoms with van der Waals surface area (Å²) in [6, 6.07) is -0.788. The highest BCUT2D eigenvalue weighted by Gasteiger charge is 2.24. The van der Waals surface area contributed by atoms with Crippen LogP contribution in [0.15, 0.2) is 0 Å². The molecule has 3 unspecified atom stereocenters. The summed E-state index contributed by atoms with van der Waals surface area (Å²) in [6.45, 7) is 4.63. The summed E-state index contributed by atoms with van der Waals surface area (Å²) in [6.07, 6.45) is 21.1. The second-order valence-electron chi connectivity index (χ2n) is 12.5. The van der Waals surface area contributed by atoms with E-state index in [2.05, 4.69) is 19.2 Å². The summed E-state index contributed by atoms with van der Waals surface area (Å²) in [4.78, 5) is 24.9. The van der Waals surface area contributed by atoms with Gasteiger partial charge in [-0.1, -0.05) is 123 Å². The van der Waals surface area contributed by atoms with E-state index in [0.717, 1.165) is 38.5 Å². The number of hydrogen-bond acceptors (Lipinski definition) is 6. The summed E-state index contributed by atoms with van der Waals surface area (Å²) in [5, 5.41) is 13.7. The third-order valence-electron chi connectivity index (χ3n) is 7.35. The number of carbonyl (C=O) groups is 1. The quantitative estimate of drug-likeness (QED) is 0.0557. The second-order valence-corrected chi connectivity index (χ2v) is 13.9. The number of nitrogens with zero attached hydrogens (tertiary/aromatic N) is 1. The van der Waals surface area contributed by atoms with Crippen molar-refractivity contribution < 1.29 is 32.9 Å². The molecule has 2 N–H and O–H groups in total. The van der Waals surface area contributed by atoms with Gasteiger partial charge in [0.1, 0.15) is 13.2 Å². The van der Waals surface area contributed by atoms with E-state index >= 15 is 0 Å². The number of nitrogens with one attached hydrogen (secondary N) is 1. The lowest BCUT2D eigenvalue weighted by Crippen LogP contribution is -2.46. The maximum absolute atomic E-state index is 12.6. The summed E-state index contributed by atoms with van der Waals surface area (Å²) < 4.78 is 23.0. The van der Waals surface area contributed by atoms with Gasteiger partial charge in [-0.2, -0.15) is 0 Å². The first-order valence-corrected chi connectivity index (χ1v) is 17.8. The van der Waals surface area contributed by atoms with E-state index in [0.29, 0.717) is 23.9 Å². The molecular weight excluding hydrogens is 527 g/mol. The van der Waals surface area contributed by atoms with Crippen molar-refractivity contribution in [2.75, 3.05) is 40.9 Å². The fraction of sp³-hybridized carbons (Fsp3) is 0.968. The first kappa shape index (κ1) is 39.5. The molecule has 1 amide bonds. The molecule has 8 nitrogen and oxygen atoms in total. The first-order valence-electron chi connectivity index (χ1n) is 16.4. The molecule has 0 aliphatic heterocycles. The van der Waals surface area contributed by atoms with Gasteiger partial charge in [-0.05, 0) is 12.8 Å². The molecule has 0 spiro atoms. The molecule has 0 aliphatic carbocycles. The topological polar surface area (TPSA) is 108 Å². The summed E-state index contributed by atoms with van der Waals surface area (Å²) >= 11 is 0. The molecule has 0 rings (SSSR count). The minimum Gasteiger partial charge on any atom is -0.756 e. The molecule has 0 aromatic rings. The Morgan fingerprint density at radius 2 is 1.23 bits per heavy atom. The fourth-order valence-corrected chi connectivity index (χ4v) is 5.35. The number of amides is 1. The lowest BCUT2D eigenvalue weighted by atomic mass is 10.0. The Morgan fingerprint density at radius 1 is 0.775 bits per heavy atom. The van der Waals surface area contributed by atoms with Crippen molar-refractivity contribution in [2.24, 2.45) is 0 Å². The van der Waals surface area contributed by atoms with Gasteiger partial charge < -0.3 is 28.8 Å². The average molecular weight is 593 g/mol. The van der Waals surface area contributed by atoms with E-state index in [9.17, 15) is 19.4 Å². The Morgan fingerprint density at radius 3 is 1.70 bits per heavy atom. The maximum atomic E-state index is 12.6. The van der Waals surface area contributed by atoms with Crippen LogP contribution in [0.4, 0.5) is 0 Å². The van der Waals surface area contributed by atoms with Crippen molar-refractivity contribution in [3.05, 3.63) is 0 Å². The molecule has 0 heterocycles. The van der Waals surface area contributed by atoms with Crippen LogP contribution in [-0.2, 0) is 18.4 Å². The lowest BCUT2D eigenvalue weighted by Gasteiger charge is -2.30. The Kier molecular flexibility index (Phi) is 24.7. The number of quaternary nitrogens is 1. The minimum atomic E-state index is -4.53. The van der Waals surface area contributed by atoms with Gasteiger partial charge >= 0.3 is 0 Å². The predicted molar refractivity (Wildman–Crippen MR) is 164 cm³/mol. The highest BCUT2D eigenvalue weighted by Crippen LogP contribution is 2.38. The second kappa shape index (κ2) is 25.0. The Bertz CT molecular complexity index is 644. The third kappa shape index (κ3) is 26.4. The molecule has 40 heavy (non-hydrogen) atoms. The van der Waals surface area contributed by atoms with E-state index in [-0.39, 0.29) is 19.1 Å². The standard InChI is InChI=1S/C31H65N2O6P/c1-6-8-10-12-14-15-16-17-19-20-22-24-30(34)29(28-39-40(36,37)38-27-26-33(3,4)5)32-31(35)25-23-21-18-13-11-9-7-2/h29-30,34H,6-28H2,1-5H3,(H-,32,35,36,37). The number of carbonyl (C=O) groups excluding carboxylic acids is 1. The smallest absolute Gasteiger partial charge is 0.268 e. The normalized spacial score (nSPS) is 15.1. The monoisotopic (exact) mass is 592 g/mol. The molecule has 240 valence electrons. The van der Waals surface area contributed by atoms with Gasteiger partial charge in [0, 0.05) is 6.42 Å². The number of unbranched alkanes of at least 4 members (excludes halogenated alkanes) is 16. The van der Waals surface area contributed by atoms with Crippen LogP contribution in [0, 0.1) is 0 Å². The summed E-state index contributed by atoms with van der Waals surface area (Å²) in [7, 11) is 1.30. The molecule has 0 saturated heterocycles. The molecular formula is C31H65N2O6P. The molecule has 0 aromatic carbocycles. The minimum absolute atomic E-state index is 0.0147. The van der Waals surface area contributed by atoms with Crippen LogP contribution in [0.25, 0.3) is 0 Å². The van der Waals surface area contributed by atoms with E-state index < -0.39 is 20.0 Å². The van der Waals surface area contributed by atoms with Crippen LogP contribution in [0.2, 0.25) is 0 Å². The zero-order chi connectivity index (χ0) is 30.1. The van der Waals surface area contributed by atoms with Crippen LogP contribution in [-0.4, -0.2) is 68.5 Å². The summed E-state index contributed by atoms with van der Waals surface area (Å²) in [5.74, 6) is -0.174. The van der Waals surface area contributed by atoms with Gasteiger partial charge in [0.05, 0.1) is 39.9 Å². The SMILES string of the molecule is CCCCCCCCCCCCCC(O)C(COP(=O)([O-])OCC[N+](C)(C)C)NC(=O)CCCCCCCCC. The van der Waals surface area contributed by atoms with Crippen LogP contribution in [0.3, 0.4) is 0 Å². The number of phosphoric ester groups is 1. The molecule has 9 heteroatoms. The van der Waals surface area contributed by atoms with Crippen LogP contribution in [0.5, 0.6) is 0 Å². The fourth-order valence-electron chi connectivity index (χ4n) is 4.62. The molecule has 0 bridgehead atoms. The first-order chi connectivity index (χ1) is 19.0. The van der Waals surface area contributed by atoms with Crippen molar-refractivity contribution in [3.63, 3.8) is 0 Å². The van der Waals surface area contributed by atoms with E-state index in [1.807, 2.05) is 21.1 Å². The number of hydrogen-bond donors (Lipinski definition) is 2. The predicted octanol–water partition coefficient (Wildman–Crippen LogP) is 6.88. The molecule has 0 radical (unpaired) electrons. The summed E-state index contributed by atoms with van der Waals surface area (Å²) in [5.41, 5.74) is 0. The van der Waals surface area contributed by atoms with Gasteiger partial charge in [-0.25, -0.2) is 0 Å². The number of likely N-dealkylation sites (N-methyl/N-ethyl adjacent to an activating group) is 1. The number of rotatable bonds is 29. The van der Waals surface area contributed by atoms with Crippen molar-refractivity contribution in [1.82, 2.24) is 5.32 Å². The van der Waals surface area contributed by atoms with E-state index in [4.69, 9.17) is 9.05 Å². The zero-order valence-corrected chi connectivity index (χ0v) is 27.7. The molecule has 3 atom stereocenters. The maximum Gasteiger partial charge on any atom is 0.268 e. The zero-order valence-electron chi connectivity index (χ0n) is 26.8. The van der Waals surface area contributed by atoms with Gasteiger partial charge in [0.15, 0.2) is 0 Å². The van der Waals surface area contributed by atoms with Crippen molar-refractivity contribution in [1.29, 1.82) is 0 Å². The van der Waals surface area contributed by atoms with Gasteiger partial charge in [0.2, 0.25) is 5.91 Å². The van der Waals surface area contributed by atoms with Crippen molar-refractivity contribution in [2.45, 2.75) is 154 Å². The average Bonchev–Trinajstić information content (AvgIpc) is 2.88. The molecule has 0 aromatic heterocycles. The van der Waals surface area contributed by atoms with Crippen molar-refractivity contribution in [3.8, 4) is 0 Å². The Hall–Kier alpha value is -0.500. The van der Waals surface area contributed by atoms with Crippen LogP contribution < -0.4 is 10.2 Å². The van der Waals surface area contributed by atoms with Gasteiger partial charge in [-0.15, -0.1) is 0 Å². The number of phosphoric acid groups is 1. The van der Waals surface area contributed by atoms with Gasteiger partial charge in [0.25, 0.3) is 7.82 Å². The molecule has 0 aliphatic rings. The molecule has 0 fully saturated rings. The van der Waals surface area contributed by atoms with Crippen LogP contribution in [0.1, 0.15) is 142 Å². The number of aliphatic hydroxyl groups excluding tert-OH is 1. The Balaban J connectivity index is 4.54. The number of aliphatic hydroxyl groups is 1. The largest absolute Gasteiger partial charge is 0.756 e. The van der Waals surface area contributed by atoms with Crippen LogP contribution >= 0.6 is 7.82 Å².